The number of nitrogens with zero attached hydrogens (tertiary/aromatic N) is 5. The molecule has 166 valence electrons. The number of amides is 1. The zero-order chi connectivity index (χ0) is 21.4. The largest absolute Gasteiger partial charge is 0.340 e. The fraction of sp³-hybridized carbons (Fsp3) is 0.600. The number of hydrogen-bond acceptors (Lipinski definition) is 4. The van der Waals surface area contributed by atoms with Gasteiger partial charge in [-0.1, -0.05) is 24.3 Å². The summed E-state index contributed by atoms with van der Waals surface area (Å²) in [5, 5.41) is 4.31. The lowest BCUT2D eigenvalue weighted by Crippen LogP contribution is -2.47. The molecule has 6 heteroatoms. The molecule has 0 N–H and O–H groups in total. The third-order valence-electron chi connectivity index (χ3n) is 7.86. The number of likely N-dealkylation sites (tertiary alicyclic amines) is 1. The first-order valence-corrected chi connectivity index (χ1v) is 11.8. The molecule has 3 aliphatic rings. The molecular formula is C25H35N5O. The van der Waals surface area contributed by atoms with Crippen molar-refractivity contribution in [3.8, 4) is 0 Å². The third kappa shape index (κ3) is 4.15. The number of fused-ring (bicyclic) bond motifs is 2. The van der Waals surface area contributed by atoms with Gasteiger partial charge in [-0.3, -0.25) is 14.4 Å². The average molecular weight is 422 g/mol. The molecule has 3 heterocycles. The second-order valence-corrected chi connectivity index (χ2v) is 9.96. The van der Waals surface area contributed by atoms with E-state index >= 15 is 0 Å². The Balaban J connectivity index is 1.26. The van der Waals surface area contributed by atoms with E-state index in [9.17, 15) is 4.79 Å². The molecule has 2 aromatic rings. The van der Waals surface area contributed by atoms with Gasteiger partial charge in [0.25, 0.3) is 0 Å². The molecule has 0 radical (unpaired) electrons. The van der Waals surface area contributed by atoms with Gasteiger partial charge in [0.15, 0.2) is 0 Å². The van der Waals surface area contributed by atoms with Crippen LogP contribution in [0.3, 0.4) is 0 Å². The highest BCUT2D eigenvalue weighted by molar-refractivity contribution is 5.77. The minimum Gasteiger partial charge on any atom is -0.340 e. The van der Waals surface area contributed by atoms with Gasteiger partial charge >= 0.3 is 0 Å². The summed E-state index contributed by atoms with van der Waals surface area (Å²) < 4.78 is 1.88. The van der Waals surface area contributed by atoms with Gasteiger partial charge in [0.2, 0.25) is 5.91 Å². The molecule has 0 bridgehead atoms. The Kier molecular flexibility index (Phi) is 5.61. The Labute approximate surface area is 185 Å². The summed E-state index contributed by atoms with van der Waals surface area (Å²) in [7, 11) is 4.12. The normalized spacial score (nSPS) is 23.9. The van der Waals surface area contributed by atoms with Crippen molar-refractivity contribution < 1.29 is 4.79 Å². The van der Waals surface area contributed by atoms with Crippen LogP contribution in [0.2, 0.25) is 0 Å². The fourth-order valence-corrected chi connectivity index (χ4v) is 6.03. The molecule has 2 fully saturated rings. The first-order chi connectivity index (χ1) is 15.0. The molecule has 0 unspecified atom stereocenters. The summed E-state index contributed by atoms with van der Waals surface area (Å²) in [5.41, 5.74) is 4.49. The van der Waals surface area contributed by atoms with Crippen molar-refractivity contribution in [2.75, 3.05) is 46.3 Å². The summed E-state index contributed by atoms with van der Waals surface area (Å²) in [6.45, 7) is 6.94. The predicted molar refractivity (Wildman–Crippen MR) is 122 cm³/mol. The molecule has 2 saturated heterocycles. The molecule has 1 aromatic carbocycles. The number of piperazine rings is 1. The molecule has 0 saturated carbocycles. The van der Waals surface area contributed by atoms with E-state index in [0.29, 0.717) is 18.2 Å². The van der Waals surface area contributed by atoms with Crippen molar-refractivity contribution in [2.45, 2.75) is 43.6 Å². The zero-order valence-electron chi connectivity index (χ0n) is 19.0. The van der Waals surface area contributed by atoms with E-state index < -0.39 is 0 Å². The van der Waals surface area contributed by atoms with E-state index in [1.54, 1.807) is 0 Å². The summed E-state index contributed by atoms with van der Waals surface area (Å²) >= 11 is 0. The predicted octanol–water partition coefficient (Wildman–Crippen LogP) is 2.61. The number of aromatic nitrogens is 2. The van der Waals surface area contributed by atoms with Crippen LogP contribution in [-0.4, -0.2) is 76.7 Å². The number of rotatable bonds is 4. The van der Waals surface area contributed by atoms with Gasteiger partial charge in [-0.05, 0) is 61.9 Å². The van der Waals surface area contributed by atoms with Crippen LogP contribution in [0.4, 0.5) is 0 Å². The van der Waals surface area contributed by atoms with Crippen LogP contribution in [0.5, 0.6) is 0 Å². The van der Waals surface area contributed by atoms with Crippen LogP contribution in [-0.2, 0) is 23.8 Å². The molecule has 1 atom stereocenters. The maximum absolute atomic E-state index is 13.1. The summed E-state index contributed by atoms with van der Waals surface area (Å²) in [6.07, 6.45) is 8.27. The smallest absolute Gasteiger partial charge is 0.223 e. The molecule has 1 aromatic heterocycles. The lowest BCUT2D eigenvalue weighted by Gasteiger charge is -2.40. The first kappa shape index (κ1) is 20.7. The van der Waals surface area contributed by atoms with E-state index in [-0.39, 0.29) is 5.41 Å². The summed E-state index contributed by atoms with van der Waals surface area (Å²) in [4.78, 5) is 20.0. The topological polar surface area (TPSA) is 44.6 Å². The van der Waals surface area contributed by atoms with E-state index in [0.717, 1.165) is 52.2 Å². The molecule has 2 aliphatic heterocycles. The van der Waals surface area contributed by atoms with Crippen molar-refractivity contribution in [3.05, 3.63) is 53.3 Å². The minimum atomic E-state index is 0.245. The number of likely N-dealkylation sites (N-methyl/N-ethyl adjacent to an activating group) is 1. The summed E-state index contributed by atoms with van der Waals surface area (Å²) in [6, 6.07) is 8.97. The third-order valence-corrected chi connectivity index (χ3v) is 7.86. The van der Waals surface area contributed by atoms with Gasteiger partial charge in [0.1, 0.15) is 0 Å². The van der Waals surface area contributed by atoms with Gasteiger partial charge in [-0.25, -0.2) is 0 Å². The van der Waals surface area contributed by atoms with Crippen LogP contribution in [0.15, 0.2) is 36.7 Å². The molecule has 5 rings (SSSR count). The number of piperidine rings is 1. The van der Waals surface area contributed by atoms with E-state index in [1.165, 1.54) is 29.5 Å². The quantitative estimate of drug-likeness (QED) is 0.761. The monoisotopic (exact) mass is 421 g/mol. The number of hydrogen-bond donors (Lipinski definition) is 0. The van der Waals surface area contributed by atoms with Crippen LogP contribution < -0.4 is 0 Å². The SMILES string of the molecule is CN1CCN(C(=O)C[C@@H]2CC3(CCN(Cc4cnn(C)c4)CC3)c3ccccc32)CC1. The maximum Gasteiger partial charge on any atom is 0.223 e. The van der Waals surface area contributed by atoms with Crippen molar-refractivity contribution >= 4 is 5.91 Å². The standard InChI is InChI=1S/C25H35N5O/c1-27-11-13-30(14-12-27)24(31)15-21-16-25(23-6-4-3-5-22(21)23)7-9-29(10-8-25)19-20-17-26-28(2)18-20/h3-6,17-18,21H,7-16,19H2,1-2H3/t21-/m1/s1. The Bertz CT molecular complexity index is 921. The Morgan fingerprint density at radius 2 is 1.81 bits per heavy atom. The van der Waals surface area contributed by atoms with Crippen molar-refractivity contribution in [1.82, 2.24) is 24.5 Å². The number of carbonyl (C=O) groups excluding carboxylic acids is 1. The van der Waals surface area contributed by atoms with Gasteiger partial charge in [0, 0.05) is 58.0 Å². The van der Waals surface area contributed by atoms with Crippen LogP contribution >= 0.6 is 0 Å². The number of carbonyl (C=O) groups is 1. The lowest BCUT2D eigenvalue weighted by molar-refractivity contribution is -0.133. The second kappa shape index (κ2) is 8.40. The van der Waals surface area contributed by atoms with Crippen molar-refractivity contribution in [1.29, 1.82) is 0 Å². The molecule has 1 aliphatic carbocycles. The molecule has 31 heavy (non-hydrogen) atoms. The van der Waals surface area contributed by atoms with E-state index in [1.807, 2.05) is 17.9 Å². The maximum atomic E-state index is 13.1. The Morgan fingerprint density at radius 3 is 2.52 bits per heavy atom. The van der Waals surface area contributed by atoms with Crippen LogP contribution in [0, 0.1) is 0 Å². The number of benzene rings is 1. The molecular weight excluding hydrogens is 386 g/mol. The number of aryl methyl sites for hydroxylation is 1. The highest BCUT2D eigenvalue weighted by atomic mass is 16.2. The highest BCUT2D eigenvalue weighted by Gasteiger charge is 2.45. The zero-order valence-corrected chi connectivity index (χ0v) is 19.0. The fourth-order valence-electron chi connectivity index (χ4n) is 6.03. The van der Waals surface area contributed by atoms with Gasteiger partial charge < -0.3 is 9.80 Å². The van der Waals surface area contributed by atoms with Crippen molar-refractivity contribution in [2.24, 2.45) is 7.05 Å². The highest BCUT2D eigenvalue weighted by Crippen LogP contribution is 2.52. The summed E-state index contributed by atoms with van der Waals surface area (Å²) in [5.74, 6) is 0.715. The molecule has 1 spiro atoms. The second-order valence-electron chi connectivity index (χ2n) is 9.96. The minimum absolute atomic E-state index is 0.245. The van der Waals surface area contributed by atoms with Crippen LogP contribution in [0.1, 0.15) is 48.3 Å². The molecule has 1 amide bonds. The average Bonchev–Trinajstić information content (AvgIpc) is 3.32. The van der Waals surface area contributed by atoms with Gasteiger partial charge in [-0.2, -0.15) is 5.10 Å². The van der Waals surface area contributed by atoms with E-state index in [4.69, 9.17) is 0 Å². The van der Waals surface area contributed by atoms with Gasteiger partial charge in [0.05, 0.1) is 6.20 Å². The van der Waals surface area contributed by atoms with E-state index in [2.05, 4.69) is 57.3 Å². The Morgan fingerprint density at radius 1 is 1.06 bits per heavy atom. The van der Waals surface area contributed by atoms with Crippen LogP contribution in [0.25, 0.3) is 0 Å². The molecule has 6 nitrogen and oxygen atoms in total. The first-order valence-electron chi connectivity index (χ1n) is 11.8. The van der Waals surface area contributed by atoms with Gasteiger partial charge in [-0.15, -0.1) is 0 Å². The Hall–Kier alpha value is -2.18. The van der Waals surface area contributed by atoms with Crippen molar-refractivity contribution in [3.63, 3.8) is 0 Å². The lowest BCUT2D eigenvalue weighted by atomic mass is 9.73.